The Morgan fingerprint density at radius 2 is 1.38 bits per heavy atom. The molecule has 0 radical (unpaired) electrons. The molecule has 2 aromatic rings. The molecule has 0 saturated heterocycles. The van der Waals surface area contributed by atoms with Crippen molar-refractivity contribution in [3.05, 3.63) is 71.8 Å². The zero-order valence-electron chi connectivity index (χ0n) is 15.1. The third-order valence-electron chi connectivity index (χ3n) is 3.78. The van der Waals surface area contributed by atoms with Gasteiger partial charge >= 0.3 is 12.1 Å². The van der Waals surface area contributed by atoms with Crippen molar-refractivity contribution in [2.45, 2.75) is 38.0 Å². The Balaban J connectivity index is 2.50. The van der Waals surface area contributed by atoms with Gasteiger partial charge in [0.15, 0.2) is 0 Å². The lowest BCUT2D eigenvalue weighted by molar-refractivity contribution is -0.145. The summed E-state index contributed by atoms with van der Waals surface area (Å²) >= 11 is 0. The van der Waals surface area contributed by atoms with Crippen LogP contribution >= 0.6 is 0 Å². The van der Waals surface area contributed by atoms with E-state index < -0.39 is 29.2 Å². The molecule has 0 aromatic heterocycles. The summed E-state index contributed by atoms with van der Waals surface area (Å²) in [5, 5.41) is 12.2. The number of hydrogen-bond acceptors (Lipinski definition) is 4. The van der Waals surface area contributed by atoms with Gasteiger partial charge in [-0.2, -0.15) is 0 Å². The molecule has 1 atom stereocenters. The largest absolute Gasteiger partial charge is 0.478 e. The van der Waals surface area contributed by atoms with Gasteiger partial charge in [-0.3, -0.25) is 11.1 Å². The molecule has 1 unspecified atom stereocenters. The minimum absolute atomic E-state index is 0.666. The van der Waals surface area contributed by atoms with E-state index in [2.05, 4.69) is 5.32 Å². The Morgan fingerprint density at radius 3 is 1.73 bits per heavy atom. The number of alkyl carbamates (subject to hydrolysis) is 1. The lowest BCUT2D eigenvalue weighted by Crippen LogP contribution is -2.65. The number of nitrogens with one attached hydrogen (secondary N) is 1. The van der Waals surface area contributed by atoms with Crippen LogP contribution in [0.4, 0.5) is 4.79 Å². The van der Waals surface area contributed by atoms with E-state index in [0.29, 0.717) is 11.1 Å². The number of aliphatic carboxylic acids is 1. The van der Waals surface area contributed by atoms with E-state index in [1.165, 1.54) is 0 Å². The van der Waals surface area contributed by atoms with Gasteiger partial charge in [0.25, 0.3) is 0 Å². The number of carbonyl (C=O) groups is 2. The monoisotopic (exact) mass is 356 g/mol. The summed E-state index contributed by atoms with van der Waals surface area (Å²) in [5.74, 6) is -2.17. The molecule has 6 nitrogen and oxygen atoms in total. The topological polar surface area (TPSA) is 102 Å². The van der Waals surface area contributed by atoms with Gasteiger partial charge in [0, 0.05) is 0 Å². The zero-order valence-corrected chi connectivity index (χ0v) is 15.1. The van der Waals surface area contributed by atoms with E-state index in [9.17, 15) is 14.7 Å². The number of carboxylic acid groups (broad SMARTS) is 1. The Morgan fingerprint density at radius 1 is 0.962 bits per heavy atom. The average molecular weight is 356 g/mol. The van der Waals surface area contributed by atoms with E-state index in [1.807, 2.05) is 12.1 Å². The molecule has 0 aliphatic heterocycles. The average Bonchev–Trinajstić information content (AvgIpc) is 2.55. The molecular weight excluding hydrogens is 332 g/mol. The summed E-state index contributed by atoms with van der Waals surface area (Å²) in [5.41, 5.74) is 4.72. The first-order valence-electron chi connectivity index (χ1n) is 8.27. The van der Waals surface area contributed by atoms with Gasteiger partial charge in [-0.25, -0.2) is 9.59 Å². The first-order chi connectivity index (χ1) is 12.1. The maximum atomic E-state index is 12.3. The molecule has 26 heavy (non-hydrogen) atoms. The van der Waals surface area contributed by atoms with E-state index in [0.717, 1.165) is 0 Å². The van der Waals surface area contributed by atoms with Crippen molar-refractivity contribution in [3.8, 4) is 0 Å². The molecule has 2 aromatic carbocycles. The smallest absolute Gasteiger partial charge is 0.409 e. The minimum Gasteiger partial charge on any atom is -0.478 e. The van der Waals surface area contributed by atoms with Crippen LogP contribution in [0.2, 0.25) is 0 Å². The maximum Gasteiger partial charge on any atom is 0.409 e. The van der Waals surface area contributed by atoms with Gasteiger partial charge in [0.2, 0.25) is 5.66 Å². The first kappa shape index (κ1) is 19.5. The first-order valence-corrected chi connectivity index (χ1v) is 8.27. The van der Waals surface area contributed by atoms with Gasteiger partial charge in [-0.15, -0.1) is 0 Å². The zero-order chi connectivity index (χ0) is 19.4. The molecule has 2 rings (SSSR count). The van der Waals surface area contributed by atoms with Crippen molar-refractivity contribution in [1.29, 1.82) is 0 Å². The molecule has 0 saturated carbocycles. The number of amides is 1. The molecule has 4 N–H and O–H groups in total. The van der Waals surface area contributed by atoms with Crippen molar-refractivity contribution in [1.82, 2.24) is 5.32 Å². The normalized spacial score (nSPS) is 13.7. The predicted octanol–water partition coefficient (Wildman–Crippen LogP) is 3.08. The second kappa shape index (κ2) is 7.58. The van der Waals surface area contributed by atoms with Crippen molar-refractivity contribution >= 4 is 12.1 Å². The number of rotatable bonds is 5. The number of ether oxygens (including phenoxy) is 1. The molecule has 138 valence electrons. The second-order valence-electron chi connectivity index (χ2n) is 7.06. The fourth-order valence-electron chi connectivity index (χ4n) is 2.73. The van der Waals surface area contributed by atoms with Crippen molar-refractivity contribution in [3.63, 3.8) is 0 Å². The number of carboxylic acids is 1. The van der Waals surface area contributed by atoms with E-state index in [-0.39, 0.29) is 0 Å². The summed E-state index contributed by atoms with van der Waals surface area (Å²) in [6.45, 7) is 5.08. The third kappa shape index (κ3) is 4.61. The molecule has 0 heterocycles. The number of benzene rings is 2. The summed E-state index contributed by atoms with van der Waals surface area (Å²) in [4.78, 5) is 24.4. The Hall–Kier alpha value is -2.86. The Labute approximate surface area is 153 Å². The summed E-state index contributed by atoms with van der Waals surface area (Å²) in [6.07, 6.45) is -0.890. The van der Waals surface area contributed by atoms with Gasteiger partial charge in [0.05, 0.1) is 5.92 Å². The van der Waals surface area contributed by atoms with Crippen LogP contribution in [-0.2, 0) is 9.53 Å². The molecule has 6 heteroatoms. The molecule has 0 aliphatic rings. The van der Waals surface area contributed by atoms with Crippen molar-refractivity contribution in [2.75, 3.05) is 0 Å². The molecule has 0 fully saturated rings. The summed E-state index contributed by atoms with van der Waals surface area (Å²) in [6, 6.07) is 17.9. The lowest BCUT2D eigenvalue weighted by atomic mass is 9.80. The summed E-state index contributed by atoms with van der Waals surface area (Å²) < 4.78 is 5.21. The van der Waals surface area contributed by atoms with Crippen LogP contribution in [0.1, 0.15) is 37.8 Å². The fourth-order valence-corrected chi connectivity index (χ4v) is 2.73. The van der Waals surface area contributed by atoms with Crippen LogP contribution in [0, 0.1) is 0 Å². The van der Waals surface area contributed by atoms with Crippen molar-refractivity contribution < 1.29 is 19.4 Å². The van der Waals surface area contributed by atoms with Crippen LogP contribution in [0.5, 0.6) is 0 Å². The number of nitrogens with two attached hydrogens (primary N) is 1. The number of hydrogen-bond donors (Lipinski definition) is 3. The standard InChI is InChI=1S/C20H24N2O4/c1-19(2,3)26-18(25)22-20(21,17(23)24)16(14-10-6-4-7-11-14)15-12-8-5-9-13-15/h4-13,16H,21H2,1-3H3,(H,22,25)(H,23,24). The van der Waals surface area contributed by atoms with Gasteiger partial charge in [-0.1, -0.05) is 60.7 Å². The lowest BCUT2D eigenvalue weighted by Gasteiger charge is -2.35. The highest BCUT2D eigenvalue weighted by atomic mass is 16.6. The van der Waals surface area contributed by atoms with Crippen LogP contribution in [-0.4, -0.2) is 28.4 Å². The van der Waals surface area contributed by atoms with Crippen LogP contribution in [0.3, 0.4) is 0 Å². The van der Waals surface area contributed by atoms with Crippen LogP contribution in [0.25, 0.3) is 0 Å². The third-order valence-corrected chi connectivity index (χ3v) is 3.78. The highest BCUT2D eigenvalue weighted by Crippen LogP contribution is 2.32. The summed E-state index contributed by atoms with van der Waals surface area (Å²) in [7, 11) is 0. The van der Waals surface area contributed by atoms with Crippen LogP contribution in [0.15, 0.2) is 60.7 Å². The SMILES string of the molecule is CC(C)(C)OC(=O)NC(N)(C(=O)O)C(c1ccccc1)c1ccccc1. The fraction of sp³-hybridized carbons (Fsp3) is 0.300. The molecular formula is C20H24N2O4. The highest BCUT2D eigenvalue weighted by molar-refractivity contribution is 5.86. The predicted molar refractivity (Wildman–Crippen MR) is 98.7 cm³/mol. The van der Waals surface area contributed by atoms with Crippen LogP contribution < -0.4 is 11.1 Å². The molecule has 0 spiro atoms. The maximum absolute atomic E-state index is 12.3. The Kier molecular flexibility index (Phi) is 5.67. The van der Waals surface area contributed by atoms with Gasteiger partial charge < -0.3 is 9.84 Å². The van der Waals surface area contributed by atoms with Gasteiger partial charge in [0.1, 0.15) is 5.60 Å². The van der Waals surface area contributed by atoms with E-state index in [1.54, 1.807) is 69.3 Å². The van der Waals surface area contributed by atoms with Crippen molar-refractivity contribution in [2.24, 2.45) is 5.73 Å². The van der Waals surface area contributed by atoms with E-state index in [4.69, 9.17) is 10.5 Å². The van der Waals surface area contributed by atoms with Gasteiger partial charge in [-0.05, 0) is 31.9 Å². The second-order valence-corrected chi connectivity index (χ2v) is 7.06. The highest BCUT2D eigenvalue weighted by Gasteiger charge is 2.46. The molecule has 0 aliphatic carbocycles. The minimum atomic E-state index is -2.09. The quantitative estimate of drug-likeness (QED) is 0.715. The molecule has 1 amide bonds. The Bertz CT molecular complexity index is 717. The molecule has 0 bridgehead atoms. The number of carbonyl (C=O) groups excluding carboxylic acids is 1. The van der Waals surface area contributed by atoms with E-state index >= 15 is 0 Å².